The predicted octanol–water partition coefficient (Wildman–Crippen LogP) is 2.15. The van der Waals surface area contributed by atoms with Crippen LogP contribution in [-0.4, -0.2) is 18.6 Å². The van der Waals surface area contributed by atoms with Gasteiger partial charge in [-0.25, -0.2) is 5.43 Å². The van der Waals surface area contributed by atoms with Crippen LogP contribution in [0.25, 0.3) is 0 Å². The van der Waals surface area contributed by atoms with Crippen molar-refractivity contribution in [2.24, 2.45) is 16.7 Å². The van der Waals surface area contributed by atoms with E-state index in [0.29, 0.717) is 10.8 Å². The van der Waals surface area contributed by atoms with Gasteiger partial charge in [0.15, 0.2) is 0 Å². The number of hydrazine groups is 1. The Morgan fingerprint density at radius 2 is 2.07 bits per heavy atom. The van der Waals surface area contributed by atoms with Crippen molar-refractivity contribution in [1.82, 2.24) is 10.4 Å². The molecule has 14 heavy (non-hydrogen) atoms. The molecule has 78 valence electrons. The Morgan fingerprint density at radius 3 is 2.71 bits per heavy atom. The Morgan fingerprint density at radius 1 is 1.36 bits per heavy atom. The summed E-state index contributed by atoms with van der Waals surface area (Å²) in [5.41, 5.74) is 7.66. The van der Waals surface area contributed by atoms with Crippen molar-refractivity contribution in [3.63, 3.8) is 0 Å². The van der Waals surface area contributed by atoms with Gasteiger partial charge in [-0.2, -0.15) is 0 Å². The molecular weight excluding hydrogens is 172 g/mol. The van der Waals surface area contributed by atoms with E-state index in [1.807, 2.05) is 0 Å². The van der Waals surface area contributed by atoms with Gasteiger partial charge in [0.25, 0.3) is 0 Å². The highest BCUT2D eigenvalue weighted by atomic mass is 15.5. The summed E-state index contributed by atoms with van der Waals surface area (Å²) in [4.78, 5) is 0. The molecular formula is C12H20N2. The van der Waals surface area contributed by atoms with Crippen LogP contribution < -0.4 is 5.43 Å². The van der Waals surface area contributed by atoms with Crippen molar-refractivity contribution in [2.45, 2.75) is 33.6 Å². The molecule has 0 aromatic heterocycles. The zero-order chi connectivity index (χ0) is 10.1. The number of nitrogens with one attached hydrogen (secondary N) is 1. The second-order valence-electron chi connectivity index (χ2n) is 5.91. The first kappa shape index (κ1) is 8.78. The molecule has 1 aliphatic heterocycles. The van der Waals surface area contributed by atoms with Gasteiger partial charge in [-0.3, -0.25) is 0 Å². The molecule has 0 saturated heterocycles. The number of allylic oxidation sites excluding steroid dienone is 1. The molecule has 0 spiro atoms. The van der Waals surface area contributed by atoms with Gasteiger partial charge in [-0.15, -0.1) is 0 Å². The van der Waals surface area contributed by atoms with Crippen molar-refractivity contribution in [3.8, 4) is 0 Å². The molecule has 3 rings (SSSR count). The third-order valence-corrected chi connectivity index (χ3v) is 5.32. The molecule has 2 nitrogen and oxygen atoms in total. The molecule has 2 heteroatoms. The second-order valence-corrected chi connectivity index (χ2v) is 5.91. The van der Waals surface area contributed by atoms with Crippen LogP contribution in [0.5, 0.6) is 0 Å². The molecule has 0 unspecified atom stereocenters. The molecule has 1 heterocycles. The fourth-order valence-electron chi connectivity index (χ4n) is 4.13. The highest BCUT2D eigenvalue weighted by Crippen LogP contribution is 2.68. The van der Waals surface area contributed by atoms with Gasteiger partial charge in [-0.1, -0.05) is 20.8 Å². The van der Waals surface area contributed by atoms with Crippen LogP contribution in [0.1, 0.15) is 33.6 Å². The summed E-state index contributed by atoms with van der Waals surface area (Å²) in [6, 6.07) is 0. The minimum absolute atomic E-state index is 0.422. The maximum Gasteiger partial charge on any atom is 0.0384 e. The van der Waals surface area contributed by atoms with E-state index >= 15 is 0 Å². The van der Waals surface area contributed by atoms with Crippen LogP contribution in [-0.2, 0) is 0 Å². The number of hydrogen-bond donors (Lipinski definition) is 1. The number of nitrogens with zero attached hydrogens (tertiary/aromatic N) is 1. The number of hydrogen-bond acceptors (Lipinski definition) is 2. The summed E-state index contributed by atoms with van der Waals surface area (Å²) >= 11 is 0. The van der Waals surface area contributed by atoms with E-state index in [0.717, 1.165) is 12.5 Å². The Kier molecular flexibility index (Phi) is 1.37. The Bertz CT molecular complexity index is 329. The monoisotopic (exact) mass is 192 g/mol. The molecule has 2 aliphatic carbocycles. The van der Waals surface area contributed by atoms with E-state index in [-0.39, 0.29) is 0 Å². The largest absolute Gasteiger partial charge is 0.315 e. The van der Waals surface area contributed by atoms with Crippen LogP contribution in [0.15, 0.2) is 11.3 Å². The van der Waals surface area contributed by atoms with E-state index in [2.05, 4.69) is 38.3 Å². The van der Waals surface area contributed by atoms with Crippen LogP contribution in [0.3, 0.4) is 0 Å². The zero-order valence-electron chi connectivity index (χ0n) is 9.65. The van der Waals surface area contributed by atoms with Gasteiger partial charge in [0, 0.05) is 24.7 Å². The molecule has 0 amide bonds. The van der Waals surface area contributed by atoms with Crippen molar-refractivity contribution in [3.05, 3.63) is 11.3 Å². The molecule has 3 aliphatic rings. The van der Waals surface area contributed by atoms with Crippen LogP contribution >= 0.6 is 0 Å². The van der Waals surface area contributed by atoms with Crippen molar-refractivity contribution < 1.29 is 0 Å². The summed E-state index contributed by atoms with van der Waals surface area (Å²) in [7, 11) is 2.17. The average molecular weight is 192 g/mol. The summed E-state index contributed by atoms with van der Waals surface area (Å²) in [5, 5.41) is 2.27. The fourth-order valence-corrected chi connectivity index (χ4v) is 4.13. The third kappa shape index (κ3) is 0.670. The summed E-state index contributed by atoms with van der Waals surface area (Å²) in [6.45, 7) is 8.46. The molecule has 1 fully saturated rings. The lowest BCUT2D eigenvalue weighted by Crippen LogP contribution is -2.40. The van der Waals surface area contributed by atoms with Gasteiger partial charge < -0.3 is 5.01 Å². The maximum atomic E-state index is 3.44. The lowest BCUT2D eigenvalue weighted by Gasteiger charge is -2.40. The van der Waals surface area contributed by atoms with Crippen LogP contribution in [0, 0.1) is 16.7 Å². The molecule has 2 bridgehead atoms. The predicted molar refractivity (Wildman–Crippen MR) is 57.4 cm³/mol. The number of fused-ring (bicyclic) bond motifs is 4. The van der Waals surface area contributed by atoms with Gasteiger partial charge in [0.1, 0.15) is 0 Å². The molecule has 0 aromatic carbocycles. The van der Waals surface area contributed by atoms with Crippen molar-refractivity contribution >= 4 is 0 Å². The second kappa shape index (κ2) is 2.19. The SMILES string of the molecule is CN1NCC2=C1[C@]1(C)CC[C@H]2C1(C)C. The highest BCUT2D eigenvalue weighted by Gasteiger charge is 2.62. The van der Waals surface area contributed by atoms with Crippen molar-refractivity contribution in [1.29, 1.82) is 0 Å². The summed E-state index contributed by atoms with van der Waals surface area (Å²) in [6.07, 6.45) is 2.77. The minimum atomic E-state index is 0.422. The topological polar surface area (TPSA) is 15.3 Å². The van der Waals surface area contributed by atoms with E-state index in [1.54, 1.807) is 11.3 Å². The van der Waals surface area contributed by atoms with E-state index < -0.39 is 0 Å². The number of rotatable bonds is 0. The summed E-state index contributed by atoms with van der Waals surface area (Å²) in [5.74, 6) is 0.833. The normalized spacial score (nSPS) is 43.7. The molecule has 0 radical (unpaired) electrons. The molecule has 1 N–H and O–H groups in total. The van der Waals surface area contributed by atoms with Gasteiger partial charge in [-0.05, 0) is 29.7 Å². The molecule has 1 saturated carbocycles. The third-order valence-electron chi connectivity index (χ3n) is 5.32. The quantitative estimate of drug-likeness (QED) is 0.632. The van der Waals surface area contributed by atoms with E-state index in [9.17, 15) is 0 Å². The Labute approximate surface area is 86.3 Å². The van der Waals surface area contributed by atoms with E-state index in [4.69, 9.17) is 0 Å². The fraction of sp³-hybridized carbons (Fsp3) is 0.833. The van der Waals surface area contributed by atoms with Crippen LogP contribution in [0.2, 0.25) is 0 Å². The standard InChI is InChI=1S/C12H20N2/c1-11(2)9-5-6-12(11,3)10-8(9)7-13-14(10)4/h9,13H,5-7H2,1-4H3/t9-,12+/m1/s1. The zero-order valence-corrected chi connectivity index (χ0v) is 9.65. The smallest absolute Gasteiger partial charge is 0.0384 e. The Hall–Kier alpha value is -0.500. The molecule has 2 atom stereocenters. The lowest BCUT2D eigenvalue weighted by atomic mass is 9.69. The van der Waals surface area contributed by atoms with Gasteiger partial charge in [0.2, 0.25) is 0 Å². The first-order valence-corrected chi connectivity index (χ1v) is 5.69. The first-order chi connectivity index (χ1) is 6.48. The van der Waals surface area contributed by atoms with Gasteiger partial charge >= 0.3 is 0 Å². The average Bonchev–Trinajstić information content (AvgIpc) is 2.62. The van der Waals surface area contributed by atoms with E-state index in [1.165, 1.54) is 12.8 Å². The summed E-state index contributed by atoms with van der Waals surface area (Å²) < 4.78 is 0. The molecule has 0 aromatic rings. The first-order valence-electron chi connectivity index (χ1n) is 5.69. The minimum Gasteiger partial charge on any atom is -0.315 e. The maximum absolute atomic E-state index is 3.44. The van der Waals surface area contributed by atoms with Crippen molar-refractivity contribution in [2.75, 3.05) is 13.6 Å². The van der Waals surface area contributed by atoms with Crippen LogP contribution in [0.4, 0.5) is 0 Å². The highest BCUT2D eigenvalue weighted by molar-refractivity contribution is 5.40. The van der Waals surface area contributed by atoms with Gasteiger partial charge in [0.05, 0.1) is 0 Å². The Balaban J connectivity index is 2.17. The lowest BCUT2D eigenvalue weighted by molar-refractivity contribution is 0.121.